The van der Waals surface area contributed by atoms with Gasteiger partial charge < -0.3 is 10.4 Å². The van der Waals surface area contributed by atoms with Gasteiger partial charge in [-0.15, -0.1) is 0 Å². The first-order chi connectivity index (χ1) is 19.9. The van der Waals surface area contributed by atoms with E-state index in [1.165, 1.54) is 17.2 Å². The second-order valence-corrected chi connectivity index (χ2v) is 11.9. The van der Waals surface area contributed by atoms with E-state index in [0.29, 0.717) is 0 Å². The van der Waals surface area contributed by atoms with E-state index in [9.17, 15) is 18.3 Å². The fourth-order valence-corrected chi connectivity index (χ4v) is 6.62. The number of aliphatic hydroxyl groups excluding tert-OH is 1. The normalized spacial score (nSPS) is 13.1. The lowest BCUT2D eigenvalue weighted by Crippen LogP contribution is -2.41. The largest absolute Gasteiger partial charge is 0.395 e. The minimum atomic E-state index is -4.01. The summed E-state index contributed by atoms with van der Waals surface area (Å²) < 4.78 is 27.8. The van der Waals surface area contributed by atoms with Gasteiger partial charge in [-0.3, -0.25) is 10.9 Å². The summed E-state index contributed by atoms with van der Waals surface area (Å²) in [5.74, 6) is 0.0826. The molecule has 11 heteroatoms. The maximum atomic E-state index is 13.3. The Morgan fingerprint density at radius 1 is 0.951 bits per heavy atom. The summed E-state index contributed by atoms with van der Waals surface area (Å²) in [6.45, 7) is -0.359. The summed E-state index contributed by atoms with van der Waals surface area (Å²) in [6, 6.07) is 25.6. The molecule has 4 aromatic rings. The van der Waals surface area contributed by atoms with Crippen molar-refractivity contribution in [1.82, 2.24) is 20.0 Å². The molecule has 4 N–H and O–H groups in total. The van der Waals surface area contributed by atoms with Crippen molar-refractivity contribution in [3.8, 4) is 0 Å². The number of halogens is 1. The standard InChI is InChI=1S/C30H30ClN5O4S/c31-27-18-24(41(39,40)36(16-17-37)20-21-8-2-1-3-9-21)19-32-29(27)34-35-30(38)33-28-25-12-6-4-10-22(25)14-15-23-11-5-7-13-26(23)28/h1-13,18-19,28,37H,14-17,20H2,(H,32,34)(H2,33,35,38). The third-order valence-corrected chi connectivity index (χ3v) is 9.07. The van der Waals surface area contributed by atoms with Gasteiger partial charge >= 0.3 is 6.03 Å². The molecule has 0 bridgehead atoms. The molecule has 3 aromatic carbocycles. The zero-order valence-electron chi connectivity index (χ0n) is 22.1. The van der Waals surface area contributed by atoms with Crippen LogP contribution in [0.5, 0.6) is 0 Å². The molecule has 41 heavy (non-hydrogen) atoms. The minimum absolute atomic E-state index is 0.000178. The van der Waals surface area contributed by atoms with Crippen molar-refractivity contribution in [2.45, 2.75) is 30.3 Å². The van der Waals surface area contributed by atoms with Gasteiger partial charge in [0.25, 0.3) is 0 Å². The molecule has 1 aromatic heterocycles. The van der Waals surface area contributed by atoms with E-state index in [2.05, 4.69) is 33.3 Å². The van der Waals surface area contributed by atoms with Gasteiger partial charge in [-0.05, 0) is 46.7 Å². The fraction of sp³-hybridized carbons (Fsp3) is 0.200. The number of hydrogen-bond donors (Lipinski definition) is 4. The summed E-state index contributed by atoms with van der Waals surface area (Å²) in [6.07, 6.45) is 2.92. The third-order valence-electron chi connectivity index (χ3n) is 6.97. The van der Waals surface area contributed by atoms with E-state index >= 15 is 0 Å². The number of sulfonamides is 1. The van der Waals surface area contributed by atoms with Crippen LogP contribution in [0, 0.1) is 0 Å². The molecule has 1 heterocycles. The van der Waals surface area contributed by atoms with E-state index in [1.54, 1.807) is 12.1 Å². The quantitative estimate of drug-likeness (QED) is 0.214. The highest BCUT2D eigenvalue weighted by atomic mass is 35.5. The molecule has 9 nitrogen and oxygen atoms in total. The van der Waals surface area contributed by atoms with E-state index in [1.807, 2.05) is 54.6 Å². The molecule has 212 valence electrons. The Labute approximate surface area is 244 Å². The lowest BCUT2D eigenvalue weighted by Gasteiger charge is -2.23. The van der Waals surface area contributed by atoms with E-state index < -0.39 is 16.1 Å². The van der Waals surface area contributed by atoms with Gasteiger partial charge in [0.05, 0.1) is 17.7 Å². The molecule has 0 unspecified atom stereocenters. The van der Waals surface area contributed by atoms with Crippen molar-refractivity contribution < 1.29 is 18.3 Å². The average molecular weight is 592 g/mol. The van der Waals surface area contributed by atoms with Crippen LogP contribution in [-0.2, 0) is 29.4 Å². The summed E-state index contributed by atoms with van der Waals surface area (Å²) in [5.41, 5.74) is 10.4. The molecule has 1 aliphatic rings. The van der Waals surface area contributed by atoms with Crippen LogP contribution >= 0.6 is 11.6 Å². The Kier molecular flexibility index (Phi) is 8.84. The number of aryl methyl sites for hydroxylation is 2. The monoisotopic (exact) mass is 591 g/mol. The Balaban J connectivity index is 1.29. The summed E-state index contributed by atoms with van der Waals surface area (Å²) in [5, 5.41) is 12.5. The first-order valence-electron chi connectivity index (χ1n) is 13.2. The van der Waals surface area contributed by atoms with Crippen LogP contribution in [0.3, 0.4) is 0 Å². The lowest BCUT2D eigenvalue weighted by atomic mass is 9.95. The highest BCUT2D eigenvalue weighted by molar-refractivity contribution is 7.89. The number of rotatable bonds is 9. The number of benzene rings is 3. The predicted molar refractivity (Wildman–Crippen MR) is 158 cm³/mol. The molecule has 0 saturated heterocycles. The van der Waals surface area contributed by atoms with Gasteiger partial charge in [0.2, 0.25) is 10.0 Å². The minimum Gasteiger partial charge on any atom is -0.395 e. The van der Waals surface area contributed by atoms with Crippen LogP contribution < -0.4 is 16.2 Å². The second kappa shape index (κ2) is 12.7. The van der Waals surface area contributed by atoms with Crippen LogP contribution in [0.1, 0.15) is 33.9 Å². The van der Waals surface area contributed by atoms with Crippen LogP contribution in [-0.4, -0.2) is 42.0 Å². The summed E-state index contributed by atoms with van der Waals surface area (Å²) >= 11 is 6.38. The number of hydrogen-bond acceptors (Lipinski definition) is 6. The first-order valence-corrected chi connectivity index (χ1v) is 15.0. The van der Waals surface area contributed by atoms with Gasteiger partial charge in [-0.25, -0.2) is 18.2 Å². The number of carbonyl (C=O) groups is 1. The van der Waals surface area contributed by atoms with Crippen molar-refractivity contribution in [2.75, 3.05) is 18.6 Å². The topological polar surface area (TPSA) is 124 Å². The van der Waals surface area contributed by atoms with Gasteiger partial charge in [-0.1, -0.05) is 90.5 Å². The van der Waals surface area contributed by atoms with Gasteiger partial charge in [0.15, 0.2) is 5.82 Å². The molecule has 2 amide bonds. The van der Waals surface area contributed by atoms with Crippen molar-refractivity contribution in [3.05, 3.63) is 124 Å². The molecule has 0 radical (unpaired) electrons. The highest BCUT2D eigenvalue weighted by Crippen LogP contribution is 2.32. The zero-order valence-corrected chi connectivity index (χ0v) is 23.7. The second-order valence-electron chi connectivity index (χ2n) is 9.60. The van der Waals surface area contributed by atoms with Gasteiger partial charge in [0.1, 0.15) is 4.90 Å². The number of amides is 2. The smallest absolute Gasteiger partial charge is 0.334 e. The fourth-order valence-electron chi connectivity index (χ4n) is 4.95. The zero-order chi connectivity index (χ0) is 28.8. The van der Waals surface area contributed by atoms with Crippen LogP contribution in [0.4, 0.5) is 10.6 Å². The predicted octanol–water partition coefficient (Wildman–Crippen LogP) is 4.43. The Bertz CT molecular complexity index is 1590. The first kappa shape index (κ1) is 28.6. The molecule has 0 aliphatic heterocycles. The van der Waals surface area contributed by atoms with Crippen LogP contribution in [0.2, 0.25) is 5.02 Å². The molecule has 1 aliphatic carbocycles. The maximum Gasteiger partial charge on any atom is 0.334 e. The van der Waals surface area contributed by atoms with E-state index in [-0.39, 0.29) is 41.5 Å². The van der Waals surface area contributed by atoms with Crippen molar-refractivity contribution in [1.29, 1.82) is 0 Å². The van der Waals surface area contributed by atoms with Crippen molar-refractivity contribution in [2.24, 2.45) is 0 Å². The van der Waals surface area contributed by atoms with E-state index in [4.69, 9.17) is 11.6 Å². The number of carbonyl (C=O) groups excluding carboxylic acids is 1. The molecular weight excluding hydrogens is 562 g/mol. The van der Waals surface area contributed by atoms with Crippen molar-refractivity contribution in [3.63, 3.8) is 0 Å². The van der Waals surface area contributed by atoms with Crippen LogP contribution in [0.15, 0.2) is 96.0 Å². The average Bonchev–Trinajstić information content (AvgIpc) is 3.14. The lowest BCUT2D eigenvalue weighted by molar-refractivity contribution is 0.240. The van der Waals surface area contributed by atoms with Gasteiger partial charge in [-0.2, -0.15) is 4.31 Å². The van der Waals surface area contributed by atoms with Crippen molar-refractivity contribution >= 4 is 33.5 Å². The maximum absolute atomic E-state index is 13.3. The number of nitrogens with zero attached hydrogens (tertiary/aromatic N) is 2. The highest BCUT2D eigenvalue weighted by Gasteiger charge is 2.27. The number of fused-ring (bicyclic) bond motifs is 2. The number of nitrogens with one attached hydrogen (secondary N) is 3. The molecule has 0 saturated carbocycles. The number of pyridine rings is 1. The van der Waals surface area contributed by atoms with Crippen LogP contribution in [0.25, 0.3) is 0 Å². The number of aromatic nitrogens is 1. The Morgan fingerprint density at radius 3 is 2.17 bits per heavy atom. The number of anilines is 1. The Hall–Kier alpha value is -3.96. The summed E-state index contributed by atoms with van der Waals surface area (Å²) in [4.78, 5) is 17.0. The molecule has 0 atom stereocenters. The Morgan fingerprint density at radius 2 is 1.56 bits per heavy atom. The number of hydrazine groups is 1. The molecule has 0 spiro atoms. The third kappa shape index (κ3) is 6.52. The molecule has 0 fully saturated rings. The number of aliphatic hydroxyl groups is 1. The molecule has 5 rings (SSSR count). The van der Waals surface area contributed by atoms with E-state index in [0.717, 1.165) is 40.0 Å². The summed E-state index contributed by atoms with van der Waals surface area (Å²) in [7, 11) is -4.01. The number of urea groups is 1. The SMILES string of the molecule is O=C(NNc1ncc(S(=O)(=O)N(CCO)Cc2ccccc2)cc1Cl)NC1c2ccccc2CCc2ccccc21. The molecular formula is C30H30ClN5O4S. The van der Waals surface area contributed by atoms with Gasteiger partial charge in [0, 0.05) is 19.3 Å².